The molecule has 0 radical (unpaired) electrons. The fourth-order valence-corrected chi connectivity index (χ4v) is 4.01. The van der Waals surface area contributed by atoms with Gasteiger partial charge in [-0.25, -0.2) is 4.79 Å². The third kappa shape index (κ3) is 4.72. The van der Waals surface area contributed by atoms with E-state index in [0.717, 1.165) is 22.9 Å². The van der Waals surface area contributed by atoms with Gasteiger partial charge in [0.05, 0.1) is 4.91 Å². The van der Waals surface area contributed by atoms with Crippen LogP contribution in [0.3, 0.4) is 0 Å². The number of amides is 1. The summed E-state index contributed by atoms with van der Waals surface area (Å²) in [4.78, 5) is 26.2. The number of carbonyl (C=O) groups excluding carboxylic acids is 1. The average molecular weight is 396 g/mol. The van der Waals surface area contributed by atoms with Gasteiger partial charge in [0.2, 0.25) is 0 Å². The zero-order valence-electron chi connectivity index (χ0n) is 14.3. The van der Waals surface area contributed by atoms with Gasteiger partial charge in [-0.1, -0.05) is 96.8 Å². The molecule has 4 nitrogen and oxygen atoms in total. The molecule has 1 N–H and O–H groups in total. The van der Waals surface area contributed by atoms with Crippen LogP contribution in [0.2, 0.25) is 0 Å². The Kier molecular flexibility index (Phi) is 6.21. The molecular formula is C21H17NO3S2. The Labute approximate surface area is 167 Å². The lowest BCUT2D eigenvalue weighted by atomic mass is 10.0. The number of thiocarbonyl (C=S) groups is 1. The first-order chi connectivity index (χ1) is 13.1. The maximum atomic E-state index is 12.7. The molecule has 1 heterocycles. The zero-order chi connectivity index (χ0) is 19.2. The first-order valence-corrected chi connectivity index (χ1v) is 9.54. The van der Waals surface area contributed by atoms with Gasteiger partial charge < -0.3 is 5.11 Å². The molecule has 1 atom stereocenters. The second-order valence-electron chi connectivity index (χ2n) is 5.89. The first kappa shape index (κ1) is 19.1. The minimum absolute atomic E-state index is 0.204. The van der Waals surface area contributed by atoms with Crippen molar-refractivity contribution >= 4 is 46.3 Å². The molecule has 3 rings (SSSR count). The predicted molar refractivity (Wildman–Crippen MR) is 112 cm³/mol. The van der Waals surface area contributed by atoms with Crippen LogP contribution in [-0.2, 0) is 16.0 Å². The maximum absolute atomic E-state index is 12.7. The topological polar surface area (TPSA) is 57.6 Å². The highest BCUT2D eigenvalue weighted by Gasteiger charge is 2.40. The third-order valence-electron chi connectivity index (χ3n) is 4.03. The molecule has 1 saturated heterocycles. The minimum Gasteiger partial charge on any atom is -0.480 e. The number of carboxylic acids is 1. The van der Waals surface area contributed by atoms with Crippen molar-refractivity contribution in [2.75, 3.05) is 0 Å². The molecule has 1 aliphatic rings. The molecule has 1 fully saturated rings. The second-order valence-corrected chi connectivity index (χ2v) is 7.56. The molecule has 1 aliphatic heterocycles. The van der Waals surface area contributed by atoms with Crippen molar-refractivity contribution in [1.29, 1.82) is 0 Å². The summed E-state index contributed by atoms with van der Waals surface area (Å²) in [5.74, 6) is -1.44. The molecule has 0 aliphatic carbocycles. The Balaban J connectivity index is 1.78. The smallest absolute Gasteiger partial charge is 0.327 e. The molecule has 0 saturated carbocycles. The highest BCUT2D eigenvalue weighted by molar-refractivity contribution is 8.26. The molecule has 0 aromatic heterocycles. The third-order valence-corrected chi connectivity index (χ3v) is 5.38. The lowest BCUT2D eigenvalue weighted by molar-refractivity contribution is -0.145. The molecule has 0 bridgehead atoms. The van der Waals surface area contributed by atoms with Crippen molar-refractivity contribution in [3.8, 4) is 0 Å². The summed E-state index contributed by atoms with van der Waals surface area (Å²) in [7, 11) is 0. The van der Waals surface area contributed by atoms with Crippen LogP contribution < -0.4 is 0 Å². The molecule has 6 heteroatoms. The van der Waals surface area contributed by atoms with Crippen LogP contribution in [0.4, 0.5) is 0 Å². The molecule has 1 unspecified atom stereocenters. The van der Waals surface area contributed by atoms with Gasteiger partial charge >= 0.3 is 5.97 Å². The molecule has 136 valence electrons. The summed E-state index contributed by atoms with van der Waals surface area (Å²) in [5.41, 5.74) is 1.85. The van der Waals surface area contributed by atoms with E-state index >= 15 is 0 Å². The van der Waals surface area contributed by atoms with Crippen LogP contribution in [0.5, 0.6) is 0 Å². The molecule has 1 amide bonds. The van der Waals surface area contributed by atoms with Crippen molar-refractivity contribution in [2.45, 2.75) is 12.5 Å². The first-order valence-electron chi connectivity index (χ1n) is 8.32. The molecule has 2 aromatic rings. The van der Waals surface area contributed by atoms with Gasteiger partial charge in [-0.2, -0.15) is 0 Å². The van der Waals surface area contributed by atoms with Crippen molar-refractivity contribution in [3.05, 3.63) is 88.8 Å². The van der Waals surface area contributed by atoms with Crippen LogP contribution in [0.25, 0.3) is 6.08 Å². The highest BCUT2D eigenvalue weighted by atomic mass is 32.2. The molecule has 27 heavy (non-hydrogen) atoms. The summed E-state index contributed by atoms with van der Waals surface area (Å²) < 4.78 is 0.266. The van der Waals surface area contributed by atoms with Gasteiger partial charge in [-0.05, 0) is 17.2 Å². The standard InChI is InChI=1S/C21H17NO3S2/c23-19-18(13-7-12-15-8-3-1-4-9-15)27-21(26)22(19)17(20(24)25)14-16-10-5-2-6-11-16/h1-13,17H,14H2,(H,24,25)/b12-7+,18-13-. The largest absolute Gasteiger partial charge is 0.480 e. The predicted octanol–water partition coefficient (Wildman–Crippen LogP) is 4.14. The second kappa shape index (κ2) is 8.79. The van der Waals surface area contributed by atoms with Crippen LogP contribution in [0, 0.1) is 0 Å². The van der Waals surface area contributed by atoms with E-state index < -0.39 is 12.0 Å². The number of hydrogen-bond donors (Lipinski definition) is 1. The van der Waals surface area contributed by atoms with E-state index in [0.29, 0.717) is 4.91 Å². The van der Waals surface area contributed by atoms with E-state index in [-0.39, 0.29) is 16.6 Å². The summed E-state index contributed by atoms with van der Waals surface area (Å²) in [6.07, 6.45) is 5.53. The fourth-order valence-electron chi connectivity index (χ4n) is 2.70. The Morgan fingerprint density at radius 1 is 1.11 bits per heavy atom. The number of carbonyl (C=O) groups is 2. The van der Waals surface area contributed by atoms with Gasteiger partial charge in [0.15, 0.2) is 0 Å². The van der Waals surface area contributed by atoms with Crippen molar-refractivity contribution < 1.29 is 14.7 Å². The summed E-state index contributed by atoms with van der Waals surface area (Å²) in [6.45, 7) is 0. The van der Waals surface area contributed by atoms with Gasteiger partial charge in [0.1, 0.15) is 10.4 Å². The molecule has 0 spiro atoms. The van der Waals surface area contributed by atoms with E-state index in [2.05, 4.69) is 0 Å². The zero-order valence-corrected chi connectivity index (χ0v) is 16.0. The van der Waals surface area contributed by atoms with Crippen LogP contribution in [-0.4, -0.2) is 32.2 Å². The Morgan fingerprint density at radius 3 is 2.37 bits per heavy atom. The highest BCUT2D eigenvalue weighted by Crippen LogP contribution is 2.33. The Hall–Kier alpha value is -2.70. The number of nitrogens with zero attached hydrogens (tertiary/aromatic N) is 1. The number of allylic oxidation sites excluding steroid dienone is 2. The quantitative estimate of drug-likeness (QED) is 0.588. The molecular weight excluding hydrogens is 378 g/mol. The Bertz CT molecular complexity index is 908. The van der Waals surface area contributed by atoms with Crippen LogP contribution in [0.1, 0.15) is 11.1 Å². The fraction of sp³-hybridized carbons (Fsp3) is 0.0952. The van der Waals surface area contributed by atoms with E-state index in [4.69, 9.17) is 12.2 Å². The van der Waals surface area contributed by atoms with Gasteiger partial charge in [-0.3, -0.25) is 9.69 Å². The number of thioether (sulfide) groups is 1. The van der Waals surface area contributed by atoms with Crippen LogP contribution >= 0.6 is 24.0 Å². The molecule has 2 aromatic carbocycles. The van der Waals surface area contributed by atoms with Gasteiger partial charge in [-0.15, -0.1) is 0 Å². The number of aliphatic carboxylic acids is 1. The van der Waals surface area contributed by atoms with Gasteiger partial charge in [0, 0.05) is 6.42 Å². The van der Waals surface area contributed by atoms with E-state index in [1.807, 2.05) is 66.7 Å². The van der Waals surface area contributed by atoms with Gasteiger partial charge in [0.25, 0.3) is 5.91 Å². The number of rotatable bonds is 6. The van der Waals surface area contributed by atoms with Crippen LogP contribution in [0.15, 0.2) is 77.7 Å². The summed E-state index contributed by atoms with van der Waals surface area (Å²) in [5, 5.41) is 9.65. The normalized spacial score (nSPS) is 17.0. The van der Waals surface area contributed by atoms with E-state index in [1.54, 1.807) is 12.2 Å². The monoisotopic (exact) mass is 395 g/mol. The Morgan fingerprint density at radius 2 is 1.74 bits per heavy atom. The summed E-state index contributed by atoms with van der Waals surface area (Å²) in [6, 6.07) is 17.9. The number of hydrogen-bond acceptors (Lipinski definition) is 4. The lowest BCUT2D eigenvalue weighted by Crippen LogP contribution is -2.45. The maximum Gasteiger partial charge on any atom is 0.327 e. The van der Waals surface area contributed by atoms with Crippen molar-refractivity contribution in [1.82, 2.24) is 4.90 Å². The lowest BCUT2D eigenvalue weighted by Gasteiger charge is -2.23. The number of benzene rings is 2. The summed E-state index contributed by atoms with van der Waals surface area (Å²) >= 11 is 6.42. The average Bonchev–Trinajstić information content (AvgIpc) is 2.95. The van der Waals surface area contributed by atoms with E-state index in [9.17, 15) is 14.7 Å². The SMILES string of the molecule is O=C(O)C(Cc1ccccc1)N1C(=O)/C(=C/C=C/c2ccccc2)SC1=S. The van der Waals surface area contributed by atoms with E-state index in [1.165, 1.54) is 4.90 Å². The van der Waals surface area contributed by atoms with Crippen molar-refractivity contribution in [2.24, 2.45) is 0 Å². The van der Waals surface area contributed by atoms with Crippen molar-refractivity contribution in [3.63, 3.8) is 0 Å². The minimum atomic E-state index is -1.07. The number of carboxylic acid groups (broad SMARTS) is 1.